The maximum Gasteiger partial charge on any atom is 0.273 e. The summed E-state index contributed by atoms with van der Waals surface area (Å²) >= 11 is 5.90. The molecule has 0 amide bonds. The SMILES string of the molecule is O=c1[nH]c(-c2ccnc(F)c2)nc(O[C@H]2CCOC2)c1Cl. The number of hydrogen-bond acceptors (Lipinski definition) is 5. The first-order valence-electron chi connectivity index (χ1n) is 6.29. The van der Waals surface area contributed by atoms with Crippen molar-refractivity contribution in [1.82, 2.24) is 15.0 Å². The van der Waals surface area contributed by atoms with Crippen LogP contribution >= 0.6 is 11.6 Å². The Balaban J connectivity index is 1.98. The Kier molecular flexibility index (Phi) is 3.85. The molecule has 0 aromatic carbocycles. The van der Waals surface area contributed by atoms with Gasteiger partial charge in [-0.1, -0.05) is 11.6 Å². The fraction of sp³-hybridized carbons (Fsp3) is 0.308. The van der Waals surface area contributed by atoms with E-state index in [2.05, 4.69) is 15.0 Å². The zero-order valence-electron chi connectivity index (χ0n) is 10.8. The van der Waals surface area contributed by atoms with Crippen molar-refractivity contribution in [1.29, 1.82) is 0 Å². The van der Waals surface area contributed by atoms with E-state index in [0.29, 0.717) is 25.2 Å². The molecule has 1 aliphatic heterocycles. The third-order valence-electron chi connectivity index (χ3n) is 3.00. The van der Waals surface area contributed by atoms with Gasteiger partial charge in [-0.15, -0.1) is 0 Å². The van der Waals surface area contributed by atoms with E-state index in [0.717, 1.165) is 6.07 Å². The van der Waals surface area contributed by atoms with Crippen LogP contribution in [0.2, 0.25) is 5.02 Å². The molecular formula is C13H11ClFN3O3. The van der Waals surface area contributed by atoms with Crippen molar-refractivity contribution in [2.75, 3.05) is 13.2 Å². The second-order valence-electron chi connectivity index (χ2n) is 4.50. The van der Waals surface area contributed by atoms with Gasteiger partial charge in [0.15, 0.2) is 5.02 Å². The van der Waals surface area contributed by atoms with Gasteiger partial charge in [-0.25, -0.2) is 4.98 Å². The van der Waals surface area contributed by atoms with E-state index in [1.807, 2.05) is 0 Å². The Morgan fingerprint density at radius 2 is 2.38 bits per heavy atom. The van der Waals surface area contributed by atoms with E-state index < -0.39 is 11.5 Å². The lowest BCUT2D eigenvalue weighted by atomic mass is 10.2. The van der Waals surface area contributed by atoms with E-state index in [4.69, 9.17) is 21.1 Å². The van der Waals surface area contributed by atoms with Gasteiger partial charge in [0.05, 0.1) is 13.2 Å². The number of halogens is 2. The molecular weight excluding hydrogens is 301 g/mol. The summed E-state index contributed by atoms with van der Waals surface area (Å²) in [6, 6.07) is 2.69. The molecule has 3 heterocycles. The monoisotopic (exact) mass is 311 g/mol. The number of H-pyrrole nitrogens is 1. The van der Waals surface area contributed by atoms with E-state index in [9.17, 15) is 9.18 Å². The van der Waals surface area contributed by atoms with Crippen LogP contribution in [0.5, 0.6) is 5.88 Å². The van der Waals surface area contributed by atoms with Crippen LogP contribution in [-0.2, 0) is 4.74 Å². The highest BCUT2D eigenvalue weighted by Gasteiger charge is 2.21. The molecule has 0 unspecified atom stereocenters. The van der Waals surface area contributed by atoms with Gasteiger partial charge in [-0.2, -0.15) is 9.37 Å². The van der Waals surface area contributed by atoms with Crippen molar-refractivity contribution in [3.8, 4) is 17.3 Å². The minimum absolute atomic E-state index is 0.0168. The smallest absolute Gasteiger partial charge is 0.273 e. The van der Waals surface area contributed by atoms with E-state index in [1.54, 1.807) is 0 Å². The summed E-state index contributed by atoms with van der Waals surface area (Å²) in [5.74, 6) is -0.487. The maximum absolute atomic E-state index is 13.2. The van der Waals surface area contributed by atoms with Gasteiger partial charge >= 0.3 is 0 Å². The van der Waals surface area contributed by atoms with Crippen molar-refractivity contribution in [2.24, 2.45) is 0 Å². The molecule has 1 aliphatic rings. The lowest BCUT2D eigenvalue weighted by molar-refractivity contribution is 0.138. The Morgan fingerprint density at radius 1 is 1.52 bits per heavy atom. The van der Waals surface area contributed by atoms with E-state index >= 15 is 0 Å². The second-order valence-corrected chi connectivity index (χ2v) is 4.88. The topological polar surface area (TPSA) is 77.1 Å². The Hall–Kier alpha value is -1.99. The van der Waals surface area contributed by atoms with Crippen molar-refractivity contribution < 1.29 is 13.9 Å². The van der Waals surface area contributed by atoms with Gasteiger partial charge in [0.1, 0.15) is 11.9 Å². The van der Waals surface area contributed by atoms with Crippen LogP contribution < -0.4 is 10.3 Å². The fourth-order valence-corrected chi connectivity index (χ4v) is 2.10. The highest BCUT2D eigenvalue weighted by atomic mass is 35.5. The molecule has 1 atom stereocenters. The summed E-state index contributed by atoms with van der Waals surface area (Å²) in [6.45, 7) is 1.01. The van der Waals surface area contributed by atoms with Gasteiger partial charge in [-0.05, 0) is 6.07 Å². The molecule has 2 aromatic rings. The number of nitrogens with zero attached hydrogens (tertiary/aromatic N) is 2. The molecule has 8 heteroatoms. The molecule has 3 rings (SSSR count). The van der Waals surface area contributed by atoms with Crippen molar-refractivity contribution in [3.63, 3.8) is 0 Å². The van der Waals surface area contributed by atoms with Crippen LogP contribution in [0.4, 0.5) is 4.39 Å². The van der Waals surface area contributed by atoms with Crippen LogP contribution in [0.15, 0.2) is 23.1 Å². The van der Waals surface area contributed by atoms with Gasteiger partial charge in [0.2, 0.25) is 11.8 Å². The quantitative estimate of drug-likeness (QED) is 0.875. The normalized spacial score (nSPS) is 17.9. The van der Waals surface area contributed by atoms with E-state index in [-0.39, 0.29) is 22.8 Å². The number of hydrogen-bond donors (Lipinski definition) is 1. The molecule has 21 heavy (non-hydrogen) atoms. The maximum atomic E-state index is 13.2. The number of nitrogens with one attached hydrogen (secondary N) is 1. The zero-order valence-corrected chi connectivity index (χ0v) is 11.6. The Morgan fingerprint density at radius 3 is 3.10 bits per heavy atom. The summed E-state index contributed by atoms with van der Waals surface area (Å²) in [7, 11) is 0. The standard InChI is InChI=1S/C13H11ClFN3O3/c14-10-12(19)17-11(7-1-3-16-9(15)5-7)18-13(10)21-8-2-4-20-6-8/h1,3,5,8H,2,4,6H2,(H,17,18,19)/t8-/m0/s1. The van der Waals surface area contributed by atoms with Crippen molar-refractivity contribution in [2.45, 2.75) is 12.5 Å². The molecule has 0 aliphatic carbocycles. The Bertz CT molecular complexity index is 716. The third-order valence-corrected chi connectivity index (χ3v) is 3.33. The first kappa shape index (κ1) is 14.0. The molecule has 0 bridgehead atoms. The molecule has 110 valence electrons. The van der Waals surface area contributed by atoms with Gasteiger partial charge in [0.25, 0.3) is 5.56 Å². The molecule has 2 aromatic heterocycles. The second kappa shape index (κ2) is 5.79. The summed E-state index contributed by atoms with van der Waals surface area (Å²) in [5, 5.41) is -0.139. The molecule has 0 spiro atoms. The first-order valence-corrected chi connectivity index (χ1v) is 6.67. The van der Waals surface area contributed by atoms with Crippen LogP contribution in [-0.4, -0.2) is 34.3 Å². The third kappa shape index (κ3) is 3.03. The first-order chi connectivity index (χ1) is 10.1. The zero-order chi connectivity index (χ0) is 14.8. The Labute approximate surface area is 123 Å². The predicted octanol–water partition coefficient (Wildman–Crippen LogP) is 1.79. The summed E-state index contributed by atoms with van der Waals surface area (Å²) in [6.07, 6.45) is 1.79. The molecule has 0 saturated carbocycles. The van der Waals surface area contributed by atoms with Gasteiger partial charge < -0.3 is 14.5 Å². The summed E-state index contributed by atoms with van der Waals surface area (Å²) in [5.41, 5.74) is -0.170. The number of ether oxygens (including phenoxy) is 2. The molecule has 1 N–H and O–H groups in total. The lowest BCUT2D eigenvalue weighted by Crippen LogP contribution is -2.20. The number of pyridine rings is 1. The minimum Gasteiger partial charge on any atom is -0.471 e. The minimum atomic E-state index is -0.670. The fourth-order valence-electron chi connectivity index (χ4n) is 1.97. The number of aromatic amines is 1. The van der Waals surface area contributed by atoms with Gasteiger partial charge in [-0.3, -0.25) is 4.79 Å². The summed E-state index contributed by atoms with van der Waals surface area (Å²) in [4.78, 5) is 21.9. The average Bonchev–Trinajstić information content (AvgIpc) is 2.96. The van der Waals surface area contributed by atoms with Crippen LogP contribution in [0, 0.1) is 5.95 Å². The molecule has 0 radical (unpaired) electrons. The lowest BCUT2D eigenvalue weighted by Gasteiger charge is -2.12. The molecule has 1 fully saturated rings. The highest BCUT2D eigenvalue weighted by molar-refractivity contribution is 6.31. The van der Waals surface area contributed by atoms with E-state index in [1.165, 1.54) is 12.3 Å². The summed E-state index contributed by atoms with van der Waals surface area (Å²) < 4.78 is 23.9. The number of rotatable bonds is 3. The molecule has 6 nitrogen and oxygen atoms in total. The van der Waals surface area contributed by atoms with Crippen molar-refractivity contribution in [3.05, 3.63) is 39.7 Å². The largest absolute Gasteiger partial charge is 0.471 e. The average molecular weight is 312 g/mol. The van der Waals surface area contributed by atoms with Crippen LogP contribution in [0.1, 0.15) is 6.42 Å². The van der Waals surface area contributed by atoms with Crippen molar-refractivity contribution >= 4 is 11.6 Å². The van der Waals surface area contributed by atoms with Crippen LogP contribution in [0.3, 0.4) is 0 Å². The van der Waals surface area contributed by atoms with Crippen LogP contribution in [0.25, 0.3) is 11.4 Å². The number of aromatic nitrogens is 3. The predicted molar refractivity (Wildman–Crippen MR) is 72.9 cm³/mol. The van der Waals surface area contributed by atoms with Gasteiger partial charge in [0, 0.05) is 24.2 Å². The molecule has 1 saturated heterocycles. The highest BCUT2D eigenvalue weighted by Crippen LogP contribution is 2.24.